The zero-order valence-electron chi connectivity index (χ0n) is 15.4. The number of likely N-dealkylation sites (tertiary alicyclic amines) is 1. The second-order valence-electron chi connectivity index (χ2n) is 7.92. The maximum atomic E-state index is 12.7. The Morgan fingerprint density at radius 2 is 2.04 bits per heavy atom. The van der Waals surface area contributed by atoms with Crippen LogP contribution in [0.4, 0.5) is 4.79 Å². The normalized spacial score (nSPS) is 28.5. The van der Waals surface area contributed by atoms with Crippen molar-refractivity contribution in [3.63, 3.8) is 0 Å². The Kier molecular flexibility index (Phi) is 4.60. The number of urea groups is 1. The summed E-state index contributed by atoms with van der Waals surface area (Å²) in [6.45, 7) is 3.05. The number of amides is 3. The zero-order chi connectivity index (χ0) is 18.3. The van der Waals surface area contributed by atoms with Crippen LogP contribution in [-0.4, -0.2) is 70.3 Å². The number of hydrogen-bond donors (Lipinski definition) is 2. The molecule has 3 amide bonds. The van der Waals surface area contributed by atoms with Gasteiger partial charge in [0.15, 0.2) is 0 Å². The van der Waals surface area contributed by atoms with Crippen LogP contribution in [0, 0.1) is 5.92 Å². The van der Waals surface area contributed by atoms with Crippen molar-refractivity contribution in [1.29, 1.82) is 0 Å². The summed E-state index contributed by atoms with van der Waals surface area (Å²) in [6.07, 6.45) is 6.74. The minimum atomic E-state index is -0.431. The number of nitrogens with zero attached hydrogens (tertiary/aromatic N) is 4. The van der Waals surface area contributed by atoms with Crippen LogP contribution in [0.1, 0.15) is 41.7 Å². The van der Waals surface area contributed by atoms with Crippen LogP contribution in [0.15, 0.2) is 6.20 Å². The summed E-state index contributed by atoms with van der Waals surface area (Å²) in [5.41, 5.74) is 6.84. The van der Waals surface area contributed by atoms with Crippen molar-refractivity contribution in [2.24, 2.45) is 11.7 Å². The van der Waals surface area contributed by atoms with E-state index in [1.54, 1.807) is 6.20 Å². The predicted molar refractivity (Wildman–Crippen MR) is 96.7 cm³/mol. The Morgan fingerprint density at radius 3 is 2.85 bits per heavy atom. The molecule has 4 heterocycles. The van der Waals surface area contributed by atoms with Gasteiger partial charge in [0.1, 0.15) is 0 Å². The van der Waals surface area contributed by atoms with E-state index in [-0.39, 0.29) is 6.03 Å². The fourth-order valence-electron chi connectivity index (χ4n) is 4.72. The summed E-state index contributed by atoms with van der Waals surface area (Å²) >= 11 is 0. The molecule has 3 unspecified atom stereocenters. The maximum absolute atomic E-state index is 12.7. The quantitative estimate of drug-likeness (QED) is 0.817. The largest absolute Gasteiger partial charge is 0.365 e. The summed E-state index contributed by atoms with van der Waals surface area (Å²) in [4.78, 5) is 28.6. The standard InChI is InChI=1S/C18H28N6O2/c1-22-13-2-3-14(22)11-23(6-5-13)18(26)20-9-12-4-7-24-16(8-12)15(10-21-24)17(19)25/h10,12-14H,2-9,11H2,1H3,(H2,19,25)(H,20,26). The van der Waals surface area contributed by atoms with Gasteiger partial charge in [-0.25, -0.2) is 4.79 Å². The topological polar surface area (TPSA) is 96.5 Å². The van der Waals surface area contributed by atoms with Gasteiger partial charge in [-0.3, -0.25) is 14.4 Å². The monoisotopic (exact) mass is 360 g/mol. The second kappa shape index (κ2) is 6.90. The first-order chi connectivity index (χ1) is 12.5. The SMILES string of the molecule is CN1C2CCC1CN(C(=O)NCC1CCn3ncc(C(N)=O)c3C1)CC2. The van der Waals surface area contributed by atoms with E-state index in [1.807, 2.05) is 9.58 Å². The predicted octanol–water partition coefficient (Wildman–Crippen LogP) is 0.423. The van der Waals surface area contributed by atoms with Crippen molar-refractivity contribution in [1.82, 2.24) is 24.9 Å². The molecule has 3 atom stereocenters. The van der Waals surface area contributed by atoms with Gasteiger partial charge in [-0.15, -0.1) is 0 Å². The molecule has 0 aliphatic carbocycles. The number of primary amides is 1. The van der Waals surface area contributed by atoms with Gasteiger partial charge in [-0.05, 0) is 45.1 Å². The van der Waals surface area contributed by atoms with Gasteiger partial charge in [0.25, 0.3) is 5.91 Å². The molecule has 1 aromatic heterocycles. The highest BCUT2D eigenvalue weighted by Crippen LogP contribution is 2.28. The average Bonchev–Trinajstić information content (AvgIpc) is 3.13. The zero-order valence-corrected chi connectivity index (χ0v) is 15.4. The molecule has 8 heteroatoms. The highest BCUT2D eigenvalue weighted by molar-refractivity contribution is 5.93. The number of rotatable bonds is 3. The third-order valence-corrected chi connectivity index (χ3v) is 6.42. The molecule has 142 valence electrons. The molecule has 2 bridgehead atoms. The molecular formula is C18H28N6O2. The van der Waals surface area contributed by atoms with Crippen LogP contribution in [-0.2, 0) is 13.0 Å². The van der Waals surface area contributed by atoms with E-state index >= 15 is 0 Å². The second-order valence-corrected chi connectivity index (χ2v) is 7.92. The summed E-state index contributed by atoms with van der Waals surface area (Å²) in [7, 11) is 2.19. The van der Waals surface area contributed by atoms with Crippen LogP contribution in [0.25, 0.3) is 0 Å². The molecule has 3 aliphatic heterocycles. The molecule has 2 saturated heterocycles. The van der Waals surface area contributed by atoms with Gasteiger partial charge in [-0.1, -0.05) is 0 Å². The Bertz CT molecular complexity index is 702. The Labute approximate surface area is 153 Å². The molecule has 3 aliphatic rings. The number of aromatic nitrogens is 2. The lowest BCUT2D eigenvalue weighted by atomic mass is 9.94. The van der Waals surface area contributed by atoms with E-state index in [1.165, 1.54) is 12.8 Å². The van der Waals surface area contributed by atoms with Crippen molar-refractivity contribution < 1.29 is 9.59 Å². The van der Waals surface area contributed by atoms with Crippen LogP contribution >= 0.6 is 0 Å². The first kappa shape index (κ1) is 17.3. The molecule has 2 fully saturated rings. The number of likely N-dealkylation sites (N-methyl/N-ethyl adjacent to an activating group) is 1. The number of nitrogens with two attached hydrogens (primary N) is 1. The van der Waals surface area contributed by atoms with E-state index in [9.17, 15) is 9.59 Å². The van der Waals surface area contributed by atoms with Crippen LogP contribution in [0.5, 0.6) is 0 Å². The van der Waals surface area contributed by atoms with E-state index in [0.29, 0.717) is 30.1 Å². The Hall–Kier alpha value is -2.09. The molecule has 0 aromatic carbocycles. The molecule has 0 saturated carbocycles. The molecule has 0 radical (unpaired) electrons. The lowest BCUT2D eigenvalue weighted by Gasteiger charge is -2.28. The lowest BCUT2D eigenvalue weighted by molar-refractivity contribution is 0.0998. The molecular weight excluding hydrogens is 332 g/mol. The van der Waals surface area contributed by atoms with Crippen LogP contribution < -0.4 is 11.1 Å². The summed E-state index contributed by atoms with van der Waals surface area (Å²) in [6, 6.07) is 1.17. The number of fused-ring (bicyclic) bond motifs is 3. The van der Waals surface area contributed by atoms with Gasteiger partial charge in [0, 0.05) is 38.3 Å². The summed E-state index contributed by atoms with van der Waals surface area (Å²) in [5, 5.41) is 7.35. The maximum Gasteiger partial charge on any atom is 0.317 e. The van der Waals surface area contributed by atoms with Crippen molar-refractivity contribution in [3.8, 4) is 0 Å². The fourth-order valence-corrected chi connectivity index (χ4v) is 4.72. The van der Waals surface area contributed by atoms with Gasteiger partial charge >= 0.3 is 6.03 Å². The van der Waals surface area contributed by atoms with Crippen molar-refractivity contribution in [3.05, 3.63) is 17.5 Å². The van der Waals surface area contributed by atoms with Crippen molar-refractivity contribution in [2.45, 2.75) is 50.7 Å². The number of aryl methyl sites for hydroxylation is 1. The Morgan fingerprint density at radius 1 is 1.23 bits per heavy atom. The van der Waals surface area contributed by atoms with Crippen molar-refractivity contribution >= 4 is 11.9 Å². The average molecular weight is 360 g/mol. The first-order valence-corrected chi connectivity index (χ1v) is 9.62. The third-order valence-electron chi connectivity index (χ3n) is 6.42. The smallest absolute Gasteiger partial charge is 0.317 e. The highest BCUT2D eigenvalue weighted by Gasteiger charge is 2.36. The van der Waals surface area contributed by atoms with Gasteiger partial charge in [0.2, 0.25) is 0 Å². The van der Waals surface area contributed by atoms with Gasteiger partial charge in [-0.2, -0.15) is 5.10 Å². The van der Waals surface area contributed by atoms with Crippen molar-refractivity contribution in [2.75, 3.05) is 26.7 Å². The molecule has 4 rings (SSSR count). The number of carbonyl (C=O) groups excluding carboxylic acids is 2. The van der Waals surface area contributed by atoms with Crippen LogP contribution in [0.2, 0.25) is 0 Å². The summed E-state index contributed by atoms with van der Waals surface area (Å²) in [5.74, 6) is -0.118. The van der Waals surface area contributed by atoms with Crippen LogP contribution in [0.3, 0.4) is 0 Å². The minimum Gasteiger partial charge on any atom is -0.365 e. The van der Waals surface area contributed by atoms with E-state index in [4.69, 9.17) is 5.73 Å². The number of nitrogens with one attached hydrogen (secondary N) is 1. The Balaban J connectivity index is 1.32. The molecule has 0 spiro atoms. The molecule has 1 aromatic rings. The summed E-state index contributed by atoms with van der Waals surface area (Å²) < 4.78 is 1.86. The van der Waals surface area contributed by atoms with E-state index < -0.39 is 5.91 Å². The number of carbonyl (C=O) groups is 2. The fraction of sp³-hybridized carbons (Fsp3) is 0.722. The molecule has 26 heavy (non-hydrogen) atoms. The minimum absolute atomic E-state index is 0.0418. The van der Waals surface area contributed by atoms with E-state index in [2.05, 4.69) is 22.4 Å². The lowest BCUT2D eigenvalue weighted by Crippen LogP contribution is -2.46. The highest BCUT2D eigenvalue weighted by atomic mass is 16.2. The molecule has 8 nitrogen and oxygen atoms in total. The van der Waals surface area contributed by atoms with E-state index in [0.717, 1.165) is 44.6 Å². The van der Waals surface area contributed by atoms with Gasteiger partial charge in [0.05, 0.1) is 17.5 Å². The molecule has 3 N–H and O–H groups in total. The third kappa shape index (κ3) is 3.18. The first-order valence-electron chi connectivity index (χ1n) is 9.62. The number of hydrogen-bond acceptors (Lipinski definition) is 4. The van der Waals surface area contributed by atoms with Gasteiger partial charge < -0.3 is 16.0 Å².